The highest BCUT2D eigenvalue weighted by Gasteiger charge is 2.17. The van der Waals surface area contributed by atoms with Crippen molar-refractivity contribution in [2.45, 2.75) is 13.2 Å². The molecule has 52 heavy (non-hydrogen) atoms. The Bertz CT molecular complexity index is 1430. The molecule has 3 heterocycles. The van der Waals surface area contributed by atoms with Crippen molar-refractivity contribution in [3.8, 4) is 23.0 Å². The van der Waals surface area contributed by atoms with Gasteiger partial charge < -0.3 is 56.8 Å². The minimum Gasteiger partial charge on any atom is -0.491 e. The summed E-state index contributed by atoms with van der Waals surface area (Å²) in [6.07, 6.45) is 2.63. The van der Waals surface area contributed by atoms with Crippen LogP contribution >= 0.6 is 0 Å². The Morgan fingerprint density at radius 2 is 0.731 bits per heavy atom. The molecule has 15 heteroatoms. The molecule has 0 atom stereocenters. The third-order valence-corrected chi connectivity index (χ3v) is 7.44. The van der Waals surface area contributed by atoms with Gasteiger partial charge in [0.05, 0.1) is 90.4 Å². The van der Waals surface area contributed by atoms with Crippen molar-refractivity contribution in [2.24, 2.45) is 0 Å². The van der Waals surface area contributed by atoms with Gasteiger partial charge in [0, 0.05) is 23.5 Å². The zero-order valence-corrected chi connectivity index (χ0v) is 29.1. The van der Waals surface area contributed by atoms with E-state index in [1.165, 1.54) is 18.5 Å². The predicted octanol–water partition coefficient (Wildman–Crippen LogP) is 3.44. The number of carbonyl (C=O) groups excluding carboxylic acids is 2. The number of benzene rings is 2. The van der Waals surface area contributed by atoms with Crippen LogP contribution in [0.15, 0.2) is 54.9 Å². The molecule has 282 valence electrons. The number of esters is 2. The molecule has 0 unspecified atom stereocenters. The summed E-state index contributed by atoms with van der Waals surface area (Å²) in [4.78, 5) is 30.4. The lowest BCUT2D eigenvalue weighted by atomic mass is 10.2. The molecular formula is C37H45NO14. The number of hydrogen-bond donors (Lipinski definition) is 0. The Morgan fingerprint density at radius 1 is 0.385 bits per heavy atom. The molecule has 2 aliphatic heterocycles. The number of rotatable bonds is 0. The van der Waals surface area contributed by atoms with E-state index in [1.807, 2.05) is 0 Å². The first-order valence-corrected chi connectivity index (χ1v) is 17.2. The van der Waals surface area contributed by atoms with E-state index in [0.29, 0.717) is 113 Å². The van der Waals surface area contributed by atoms with E-state index in [0.717, 1.165) is 0 Å². The number of hydrogen-bond acceptors (Lipinski definition) is 15. The van der Waals surface area contributed by atoms with Gasteiger partial charge in [-0.15, -0.1) is 0 Å². The zero-order valence-electron chi connectivity index (χ0n) is 29.1. The van der Waals surface area contributed by atoms with Crippen molar-refractivity contribution in [3.05, 3.63) is 77.1 Å². The van der Waals surface area contributed by atoms with Crippen molar-refractivity contribution in [1.82, 2.24) is 4.98 Å². The second-order valence-corrected chi connectivity index (χ2v) is 11.2. The number of nitrogens with zero attached hydrogens (tertiary/aromatic N) is 1. The monoisotopic (exact) mass is 727 g/mol. The van der Waals surface area contributed by atoms with Crippen LogP contribution in [0.3, 0.4) is 0 Å². The average molecular weight is 728 g/mol. The lowest BCUT2D eigenvalue weighted by molar-refractivity contribution is 0.00444. The summed E-state index contributed by atoms with van der Waals surface area (Å²) in [6, 6.07) is 11.8. The van der Waals surface area contributed by atoms with Crippen LogP contribution in [0, 0.1) is 0 Å². The van der Waals surface area contributed by atoms with Crippen LogP contribution in [0.25, 0.3) is 0 Å². The number of fused-ring (bicyclic) bond motifs is 6. The smallest absolute Gasteiger partial charge is 0.340 e. The lowest BCUT2D eigenvalue weighted by Crippen LogP contribution is -2.15. The van der Waals surface area contributed by atoms with Crippen molar-refractivity contribution >= 4 is 11.9 Å². The van der Waals surface area contributed by atoms with Gasteiger partial charge >= 0.3 is 11.9 Å². The third-order valence-electron chi connectivity index (χ3n) is 7.44. The molecule has 0 N–H and O–H groups in total. The van der Waals surface area contributed by atoms with Gasteiger partial charge in [0.2, 0.25) is 0 Å². The van der Waals surface area contributed by atoms with Gasteiger partial charge in [-0.05, 0) is 42.5 Å². The Kier molecular flexibility index (Phi) is 16.7. The molecule has 0 saturated heterocycles. The van der Waals surface area contributed by atoms with E-state index in [-0.39, 0.29) is 50.8 Å². The summed E-state index contributed by atoms with van der Waals surface area (Å²) in [6.45, 7) is 5.25. The van der Waals surface area contributed by atoms with Crippen LogP contribution in [0.1, 0.15) is 31.8 Å². The largest absolute Gasteiger partial charge is 0.491 e. The quantitative estimate of drug-likeness (QED) is 0.310. The molecule has 3 aromatic rings. The molecule has 6 bridgehead atoms. The molecule has 0 fully saturated rings. The molecule has 0 spiro atoms. The summed E-state index contributed by atoms with van der Waals surface area (Å²) in [5.41, 5.74) is 1.26. The highest BCUT2D eigenvalue weighted by Crippen LogP contribution is 2.27. The number of aromatic nitrogens is 1. The van der Waals surface area contributed by atoms with Crippen LogP contribution in [0.5, 0.6) is 23.0 Å². The van der Waals surface area contributed by atoms with Gasteiger partial charge in [0.25, 0.3) is 0 Å². The molecular weight excluding hydrogens is 682 g/mol. The number of ether oxygens (including phenoxy) is 12. The fourth-order valence-electron chi connectivity index (χ4n) is 4.86. The first-order chi connectivity index (χ1) is 25.7. The van der Waals surface area contributed by atoms with Gasteiger partial charge in [-0.25, -0.2) is 9.59 Å². The van der Waals surface area contributed by atoms with E-state index in [1.54, 1.807) is 36.4 Å². The Labute approximate surface area is 302 Å². The van der Waals surface area contributed by atoms with E-state index < -0.39 is 11.9 Å². The van der Waals surface area contributed by atoms with Crippen LogP contribution in [0.4, 0.5) is 0 Å². The van der Waals surface area contributed by atoms with E-state index >= 15 is 0 Å². The molecule has 15 nitrogen and oxygen atoms in total. The van der Waals surface area contributed by atoms with Gasteiger partial charge in [0.15, 0.2) is 0 Å². The fraction of sp³-hybridized carbons (Fsp3) is 0.486. The molecule has 0 amide bonds. The van der Waals surface area contributed by atoms with Gasteiger partial charge in [-0.2, -0.15) is 0 Å². The van der Waals surface area contributed by atoms with Crippen molar-refractivity contribution in [2.75, 3.05) is 106 Å². The highest BCUT2D eigenvalue weighted by molar-refractivity contribution is 5.94. The molecule has 2 aliphatic rings. The average Bonchev–Trinajstić information content (AvgIpc) is 3.16. The first-order valence-electron chi connectivity index (χ1n) is 17.2. The Balaban J connectivity index is 1.36. The molecule has 0 aliphatic carbocycles. The van der Waals surface area contributed by atoms with E-state index in [9.17, 15) is 9.59 Å². The molecule has 0 radical (unpaired) electrons. The molecule has 5 rings (SSSR count). The van der Waals surface area contributed by atoms with Crippen LogP contribution in [-0.2, 0) is 51.1 Å². The van der Waals surface area contributed by atoms with Gasteiger partial charge in [-0.1, -0.05) is 0 Å². The van der Waals surface area contributed by atoms with Crippen molar-refractivity contribution in [1.29, 1.82) is 0 Å². The summed E-state index contributed by atoms with van der Waals surface area (Å²) >= 11 is 0. The maximum atomic E-state index is 13.2. The molecule has 2 aromatic carbocycles. The van der Waals surface area contributed by atoms with Crippen molar-refractivity contribution < 1.29 is 66.4 Å². The van der Waals surface area contributed by atoms with Crippen LogP contribution in [0.2, 0.25) is 0 Å². The Morgan fingerprint density at radius 3 is 1.12 bits per heavy atom. The maximum absolute atomic E-state index is 13.2. The second kappa shape index (κ2) is 22.4. The third kappa shape index (κ3) is 13.6. The maximum Gasteiger partial charge on any atom is 0.340 e. The SMILES string of the molecule is O=C1OCc2cc3ccc2OCCOCCOCCOCCOc2ccc(cc2COC(=O)c2cncc1c2)OCCOCCOCCOCCO3. The zero-order chi connectivity index (χ0) is 36.1. The fourth-order valence-corrected chi connectivity index (χ4v) is 4.86. The van der Waals surface area contributed by atoms with E-state index in [2.05, 4.69) is 4.98 Å². The van der Waals surface area contributed by atoms with Gasteiger partial charge in [-0.3, -0.25) is 4.98 Å². The lowest BCUT2D eigenvalue weighted by Gasteiger charge is -2.15. The Hall–Kier alpha value is -4.51. The minimum atomic E-state index is -0.695. The summed E-state index contributed by atoms with van der Waals surface area (Å²) in [5.74, 6) is 0.664. The highest BCUT2D eigenvalue weighted by atomic mass is 16.6. The predicted molar refractivity (Wildman–Crippen MR) is 182 cm³/mol. The molecule has 1 aromatic heterocycles. The first kappa shape index (κ1) is 38.7. The van der Waals surface area contributed by atoms with E-state index in [4.69, 9.17) is 56.8 Å². The summed E-state index contributed by atoms with van der Waals surface area (Å²) < 4.78 is 68.7. The summed E-state index contributed by atoms with van der Waals surface area (Å²) in [7, 11) is 0. The van der Waals surface area contributed by atoms with Gasteiger partial charge in [0.1, 0.15) is 62.6 Å². The number of pyridine rings is 1. The van der Waals surface area contributed by atoms with Crippen molar-refractivity contribution in [3.63, 3.8) is 0 Å². The van der Waals surface area contributed by atoms with Crippen LogP contribution in [-0.4, -0.2) is 123 Å². The molecule has 0 saturated carbocycles. The number of carbonyl (C=O) groups is 2. The standard InChI is InChI=1S/C37H45NO14/c39-36-28-21-29(25-38-24-28)37(40)52-27-31-23-33-2-4-35(31)50-20-16-46-12-8-42-7-11-45-15-19-49-34-3-1-32(22-30(34)26-51-36)47-17-13-43-9-5-41-6-10-44-14-18-48-33/h1-4,21-25H,5-20,26-27H2. The normalized spacial score (nSPS) is 18.7. The second-order valence-electron chi connectivity index (χ2n) is 11.2. The topological polar surface area (TPSA) is 158 Å². The minimum absolute atomic E-state index is 0.0670. The summed E-state index contributed by atoms with van der Waals surface area (Å²) in [5, 5.41) is 0. The van der Waals surface area contributed by atoms with Crippen LogP contribution < -0.4 is 18.9 Å².